The summed E-state index contributed by atoms with van der Waals surface area (Å²) in [5, 5.41) is 8.90. The van der Waals surface area contributed by atoms with Gasteiger partial charge < -0.3 is 4.74 Å². The topological polar surface area (TPSA) is 53.3 Å². The Kier molecular flexibility index (Phi) is 3.57. The molecule has 0 saturated heterocycles. The van der Waals surface area contributed by atoms with E-state index in [1.165, 1.54) is 0 Å². The summed E-state index contributed by atoms with van der Waals surface area (Å²) < 4.78 is 5.35. The number of nitriles is 1. The van der Waals surface area contributed by atoms with Crippen LogP contribution >= 0.6 is 0 Å². The highest BCUT2D eigenvalue weighted by Gasteiger charge is 2.25. The fourth-order valence-corrected chi connectivity index (χ4v) is 2.46. The zero-order chi connectivity index (χ0) is 14.7. The van der Waals surface area contributed by atoms with Gasteiger partial charge >= 0.3 is 6.09 Å². The molecule has 0 unspecified atom stereocenters. The lowest BCUT2D eigenvalue weighted by Crippen LogP contribution is -2.29. The van der Waals surface area contributed by atoms with Crippen LogP contribution in [0.25, 0.3) is 0 Å². The van der Waals surface area contributed by atoms with Crippen LogP contribution in [0.5, 0.6) is 0 Å². The molecule has 1 aliphatic rings. The number of rotatable bonds is 2. The zero-order valence-electron chi connectivity index (χ0n) is 11.5. The number of hydrogen-bond donors (Lipinski definition) is 0. The van der Waals surface area contributed by atoms with E-state index in [0.717, 1.165) is 23.2 Å². The molecule has 0 saturated carbocycles. The van der Waals surface area contributed by atoms with Crippen molar-refractivity contribution in [1.82, 2.24) is 0 Å². The molecular formula is C17H14N2O2. The van der Waals surface area contributed by atoms with Gasteiger partial charge in [-0.15, -0.1) is 0 Å². The number of benzene rings is 2. The number of anilines is 1. The largest absolute Gasteiger partial charge is 0.444 e. The summed E-state index contributed by atoms with van der Waals surface area (Å²) in [6.07, 6.45) is 0.410. The van der Waals surface area contributed by atoms with E-state index in [-0.39, 0.29) is 12.7 Å². The molecule has 1 aliphatic heterocycles. The van der Waals surface area contributed by atoms with Crippen molar-refractivity contribution in [3.05, 3.63) is 65.2 Å². The van der Waals surface area contributed by atoms with Crippen LogP contribution in [0.2, 0.25) is 0 Å². The second-order valence-electron chi connectivity index (χ2n) is 4.90. The molecule has 0 radical (unpaired) electrons. The van der Waals surface area contributed by atoms with Crippen molar-refractivity contribution in [1.29, 1.82) is 5.26 Å². The standard InChI is InChI=1S/C17H14N2O2/c18-11-14-6-7-16-15(10-14)8-9-19(16)17(20)21-12-13-4-2-1-3-5-13/h1-7,10H,8-9,12H2. The van der Waals surface area contributed by atoms with Crippen molar-refractivity contribution in [3.63, 3.8) is 0 Å². The van der Waals surface area contributed by atoms with Gasteiger partial charge in [-0.25, -0.2) is 4.79 Å². The molecular weight excluding hydrogens is 264 g/mol. The van der Waals surface area contributed by atoms with E-state index in [2.05, 4.69) is 6.07 Å². The maximum Gasteiger partial charge on any atom is 0.414 e. The number of ether oxygens (including phenoxy) is 1. The van der Waals surface area contributed by atoms with Crippen molar-refractivity contribution in [3.8, 4) is 6.07 Å². The van der Waals surface area contributed by atoms with Gasteiger partial charge in [-0.2, -0.15) is 5.26 Å². The maximum atomic E-state index is 12.2. The van der Waals surface area contributed by atoms with E-state index in [0.29, 0.717) is 12.1 Å². The molecule has 4 heteroatoms. The molecule has 0 atom stereocenters. The van der Waals surface area contributed by atoms with Gasteiger partial charge in [0.15, 0.2) is 0 Å². The highest BCUT2D eigenvalue weighted by atomic mass is 16.6. The predicted molar refractivity (Wildman–Crippen MR) is 78.8 cm³/mol. The molecule has 0 bridgehead atoms. The minimum absolute atomic E-state index is 0.266. The molecule has 4 nitrogen and oxygen atoms in total. The number of nitrogens with zero attached hydrogens (tertiary/aromatic N) is 2. The molecule has 3 rings (SSSR count). The Bertz CT molecular complexity index is 704. The fraction of sp³-hybridized carbons (Fsp3) is 0.176. The lowest BCUT2D eigenvalue weighted by Gasteiger charge is -2.17. The van der Waals surface area contributed by atoms with Gasteiger partial charge in [-0.1, -0.05) is 30.3 Å². The molecule has 104 valence electrons. The van der Waals surface area contributed by atoms with E-state index < -0.39 is 0 Å². The van der Waals surface area contributed by atoms with E-state index in [9.17, 15) is 4.79 Å². The Hall–Kier alpha value is -2.80. The minimum Gasteiger partial charge on any atom is -0.444 e. The van der Waals surface area contributed by atoms with Crippen LogP contribution in [0.4, 0.5) is 10.5 Å². The average molecular weight is 278 g/mol. The molecule has 0 spiro atoms. The van der Waals surface area contributed by atoms with Gasteiger partial charge in [-0.3, -0.25) is 4.90 Å². The van der Waals surface area contributed by atoms with Gasteiger partial charge in [0.1, 0.15) is 6.61 Å². The molecule has 0 fully saturated rings. The summed E-state index contributed by atoms with van der Waals surface area (Å²) in [6, 6.07) is 17.1. The van der Waals surface area contributed by atoms with Crippen molar-refractivity contribution in [2.24, 2.45) is 0 Å². The van der Waals surface area contributed by atoms with Gasteiger partial charge in [0.2, 0.25) is 0 Å². The first-order valence-corrected chi connectivity index (χ1v) is 6.79. The summed E-state index contributed by atoms with van der Waals surface area (Å²) in [5.74, 6) is 0. The maximum absolute atomic E-state index is 12.2. The molecule has 0 aliphatic carbocycles. The monoisotopic (exact) mass is 278 g/mol. The van der Waals surface area contributed by atoms with E-state index in [1.54, 1.807) is 11.0 Å². The smallest absolute Gasteiger partial charge is 0.414 e. The number of carbonyl (C=O) groups is 1. The molecule has 21 heavy (non-hydrogen) atoms. The number of carbonyl (C=O) groups excluding carboxylic acids is 1. The van der Waals surface area contributed by atoms with Gasteiger partial charge in [0.25, 0.3) is 0 Å². The Labute approximate surface area is 123 Å². The second kappa shape index (κ2) is 5.68. The average Bonchev–Trinajstić information content (AvgIpc) is 2.96. The fourth-order valence-electron chi connectivity index (χ4n) is 2.46. The lowest BCUT2D eigenvalue weighted by molar-refractivity contribution is 0.147. The van der Waals surface area contributed by atoms with Crippen LogP contribution in [0.3, 0.4) is 0 Å². The van der Waals surface area contributed by atoms with Crippen LogP contribution < -0.4 is 4.90 Å². The summed E-state index contributed by atoms with van der Waals surface area (Å²) in [7, 11) is 0. The van der Waals surface area contributed by atoms with Crippen LogP contribution in [-0.2, 0) is 17.8 Å². The quantitative estimate of drug-likeness (QED) is 0.847. The first-order valence-electron chi connectivity index (χ1n) is 6.79. The molecule has 1 heterocycles. The van der Waals surface area contributed by atoms with Crippen LogP contribution in [0.15, 0.2) is 48.5 Å². The number of amides is 1. The summed E-state index contributed by atoms with van der Waals surface area (Å²) >= 11 is 0. The predicted octanol–water partition coefficient (Wildman–Crippen LogP) is 3.26. The third-order valence-corrected chi connectivity index (χ3v) is 3.53. The first-order chi connectivity index (χ1) is 10.3. The minimum atomic E-state index is -0.345. The third kappa shape index (κ3) is 2.72. The molecule has 2 aromatic rings. The zero-order valence-corrected chi connectivity index (χ0v) is 11.5. The highest BCUT2D eigenvalue weighted by Crippen LogP contribution is 2.29. The van der Waals surface area contributed by atoms with Crippen molar-refractivity contribution in [2.75, 3.05) is 11.4 Å². The second-order valence-corrected chi connectivity index (χ2v) is 4.90. The molecule has 0 N–H and O–H groups in total. The van der Waals surface area contributed by atoms with Crippen LogP contribution in [-0.4, -0.2) is 12.6 Å². The highest BCUT2D eigenvalue weighted by molar-refractivity contribution is 5.90. The Morgan fingerprint density at radius 1 is 1.24 bits per heavy atom. The van der Waals surface area contributed by atoms with Crippen molar-refractivity contribution in [2.45, 2.75) is 13.0 Å². The first kappa shape index (κ1) is 13.2. The Balaban J connectivity index is 1.69. The Morgan fingerprint density at radius 3 is 2.81 bits per heavy atom. The number of hydrogen-bond acceptors (Lipinski definition) is 3. The van der Waals surface area contributed by atoms with Crippen molar-refractivity contribution >= 4 is 11.8 Å². The summed E-state index contributed by atoms with van der Waals surface area (Å²) in [6.45, 7) is 0.861. The molecule has 2 aromatic carbocycles. The lowest BCUT2D eigenvalue weighted by atomic mass is 10.1. The van der Waals surface area contributed by atoms with E-state index in [4.69, 9.17) is 10.00 Å². The van der Waals surface area contributed by atoms with E-state index >= 15 is 0 Å². The SMILES string of the molecule is N#Cc1ccc2c(c1)CCN2C(=O)OCc1ccccc1. The third-order valence-electron chi connectivity index (χ3n) is 3.53. The Morgan fingerprint density at radius 2 is 2.05 bits per heavy atom. The van der Waals surface area contributed by atoms with E-state index in [1.807, 2.05) is 42.5 Å². The van der Waals surface area contributed by atoms with Gasteiger partial charge in [0.05, 0.1) is 17.3 Å². The molecule has 0 aromatic heterocycles. The van der Waals surface area contributed by atoms with Crippen LogP contribution in [0, 0.1) is 11.3 Å². The van der Waals surface area contributed by atoms with Crippen molar-refractivity contribution < 1.29 is 9.53 Å². The van der Waals surface area contributed by atoms with Crippen LogP contribution in [0.1, 0.15) is 16.7 Å². The summed E-state index contributed by atoms with van der Waals surface area (Å²) in [5.41, 5.74) is 3.44. The van der Waals surface area contributed by atoms with Gasteiger partial charge in [-0.05, 0) is 35.7 Å². The molecule has 1 amide bonds. The van der Waals surface area contributed by atoms with Gasteiger partial charge in [0, 0.05) is 6.54 Å². The normalized spacial score (nSPS) is 12.6. The number of fused-ring (bicyclic) bond motifs is 1. The summed E-state index contributed by atoms with van der Waals surface area (Å²) in [4.78, 5) is 13.8.